The minimum Gasteiger partial charge on any atom is -0.379 e. The molecule has 0 unspecified atom stereocenters. The molecule has 0 bridgehead atoms. The zero-order valence-corrected chi connectivity index (χ0v) is 15.4. The Morgan fingerprint density at radius 3 is 2.30 bits per heavy atom. The average Bonchev–Trinajstić information content (AvgIpc) is 3.04. The highest BCUT2D eigenvalue weighted by molar-refractivity contribution is 8.19. The van der Waals surface area contributed by atoms with Gasteiger partial charge in [0.25, 0.3) is 0 Å². The van der Waals surface area contributed by atoms with Crippen molar-refractivity contribution in [3.63, 3.8) is 0 Å². The molecule has 122 valence electrons. The van der Waals surface area contributed by atoms with E-state index in [0.717, 1.165) is 17.1 Å². The van der Waals surface area contributed by atoms with Gasteiger partial charge in [0.1, 0.15) is 10.6 Å². The van der Waals surface area contributed by atoms with Crippen molar-refractivity contribution >= 4 is 33.6 Å². The maximum Gasteiger partial charge on any atom is 0.339 e. The Bertz CT molecular complexity index is 792. The Morgan fingerprint density at radius 1 is 1.00 bits per heavy atom. The molecule has 0 amide bonds. The molecule has 1 fully saturated rings. The Morgan fingerprint density at radius 2 is 1.65 bits per heavy atom. The van der Waals surface area contributed by atoms with Crippen LogP contribution in [0, 0.1) is 13.8 Å². The molecule has 0 saturated carbocycles. The van der Waals surface area contributed by atoms with Crippen LogP contribution < -0.4 is 4.18 Å². The standard InChI is InChI=1S/C17H18O3S3/c1-12-3-4-13(2)16(11-12)23(18,19)20-15-7-5-14(6-8-15)17-21-9-10-22-17/h3-8,11,17H,9-10H2,1-2H3. The van der Waals surface area contributed by atoms with Gasteiger partial charge in [-0.05, 0) is 48.7 Å². The first-order chi connectivity index (χ1) is 11.0. The highest BCUT2D eigenvalue weighted by Gasteiger charge is 2.21. The quantitative estimate of drug-likeness (QED) is 0.743. The third-order valence-corrected chi connectivity index (χ3v) is 8.09. The van der Waals surface area contributed by atoms with Crippen molar-refractivity contribution in [1.82, 2.24) is 0 Å². The third-order valence-electron chi connectivity index (χ3n) is 3.59. The molecule has 1 heterocycles. The zero-order valence-electron chi connectivity index (χ0n) is 13.0. The summed E-state index contributed by atoms with van der Waals surface area (Å²) in [5.74, 6) is 2.67. The predicted octanol–water partition coefficient (Wildman–Crippen LogP) is 4.55. The summed E-state index contributed by atoms with van der Waals surface area (Å²) in [5.41, 5.74) is 2.78. The van der Waals surface area contributed by atoms with E-state index in [0.29, 0.717) is 15.9 Å². The van der Waals surface area contributed by atoms with Gasteiger partial charge >= 0.3 is 10.1 Å². The molecule has 1 aliphatic heterocycles. The fraction of sp³-hybridized carbons (Fsp3) is 0.294. The molecule has 2 aromatic carbocycles. The molecular formula is C17H18O3S3. The van der Waals surface area contributed by atoms with E-state index in [2.05, 4.69) is 0 Å². The van der Waals surface area contributed by atoms with Crippen molar-refractivity contribution in [3.8, 4) is 5.75 Å². The van der Waals surface area contributed by atoms with Crippen LogP contribution in [0.4, 0.5) is 0 Å². The van der Waals surface area contributed by atoms with E-state index in [4.69, 9.17) is 4.18 Å². The van der Waals surface area contributed by atoms with Crippen LogP contribution >= 0.6 is 23.5 Å². The van der Waals surface area contributed by atoms with Crippen LogP contribution in [0.5, 0.6) is 5.75 Å². The lowest BCUT2D eigenvalue weighted by atomic mass is 10.2. The molecule has 0 spiro atoms. The van der Waals surface area contributed by atoms with E-state index >= 15 is 0 Å². The fourth-order valence-electron chi connectivity index (χ4n) is 2.38. The fourth-order valence-corrected chi connectivity index (χ4v) is 6.49. The van der Waals surface area contributed by atoms with Gasteiger partial charge < -0.3 is 4.18 Å². The van der Waals surface area contributed by atoms with Crippen LogP contribution in [0.1, 0.15) is 21.3 Å². The van der Waals surface area contributed by atoms with Crippen LogP contribution in [0.3, 0.4) is 0 Å². The van der Waals surface area contributed by atoms with E-state index in [-0.39, 0.29) is 4.90 Å². The van der Waals surface area contributed by atoms with Crippen molar-refractivity contribution in [2.24, 2.45) is 0 Å². The second kappa shape index (κ2) is 6.79. The molecule has 0 atom stereocenters. The largest absolute Gasteiger partial charge is 0.379 e. The summed E-state index contributed by atoms with van der Waals surface area (Å²) in [6.07, 6.45) is 0. The summed E-state index contributed by atoms with van der Waals surface area (Å²) in [5, 5.41) is 0. The van der Waals surface area contributed by atoms with E-state index in [9.17, 15) is 8.42 Å². The van der Waals surface area contributed by atoms with Crippen molar-refractivity contribution < 1.29 is 12.6 Å². The van der Waals surface area contributed by atoms with Gasteiger partial charge in [0.05, 0.1) is 4.58 Å². The summed E-state index contributed by atoms with van der Waals surface area (Å²) >= 11 is 3.84. The second-order valence-electron chi connectivity index (χ2n) is 5.45. The molecule has 23 heavy (non-hydrogen) atoms. The van der Waals surface area contributed by atoms with Crippen molar-refractivity contribution in [3.05, 3.63) is 59.2 Å². The van der Waals surface area contributed by atoms with Gasteiger partial charge in [-0.15, -0.1) is 23.5 Å². The summed E-state index contributed by atoms with van der Waals surface area (Å²) in [7, 11) is -3.81. The molecule has 0 aliphatic carbocycles. The van der Waals surface area contributed by atoms with Crippen molar-refractivity contribution in [1.29, 1.82) is 0 Å². The summed E-state index contributed by atoms with van der Waals surface area (Å²) in [6, 6.07) is 12.7. The van der Waals surface area contributed by atoms with Gasteiger partial charge in [-0.3, -0.25) is 0 Å². The van der Waals surface area contributed by atoms with Crippen LogP contribution in [0.25, 0.3) is 0 Å². The molecular weight excluding hydrogens is 348 g/mol. The maximum atomic E-state index is 12.5. The maximum absolute atomic E-state index is 12.5. The smallest absolute Gasteiger partial charge is 0.339 e. The first-order valence-corrected chi connectivity index (χ1v) is 10.8. The first kappa shape index (κ1) is 16.7. The molecule has 0 N–H and O–H groups in total. The minimum absolute atomic E-state index is 0.225. The highest BCUT2D eigenvalue weighted by atomic mass is 32.2. The molecule has 6 heteroatoms. The lowest BCUT2D eigenvalue weighted by Crippen LogP contribution is -2.11. The van der Waals surface area contributed by atoms with Gasteiger partial charge in [-0.2, -0.15) is 8.42 Å². The molecule has 0 aromatic heterocycles. The van der Waals surface area contributed by atoms with Crippen molar-refractivity contribution in [2.75, 3.05) is 11.5 Å². The molecule has 3 nitrogen and oxygen atoms in total. The lowest BCUT2D eigenvalue weighted by Gasteiger charge is -2.12. The van der Waals surface area contributed by atoms with Crippen LogP contribution in [-0.2, 0) is 10.1 Å². The molecule has 2 aromatic rings. The molecule has 1 aliphatic rings. The number of benzene rings is 2. The Kier molecular flexibility index (Phi) is 4.94. The topological polar surface area (TPSA) is 43.4 Å². The minimum atomic E-state index is -3.81. The predicted molar refractivity (Wildman–Crippen MR) is 97.8 cm³/mol. The number of hydrogen-bond acceptors (Lipinski definition) is 5. The number of hydrogen-bond donors (Lipinski definition) is 0. The van der Waals surface area contributed by atoms with E-state index in [1.165, 1.54) is 5.56 Å². The van der Waals surface area contributed by atoms with Crippen LogP contribution in [-0.4, -0.2) is 19.9 Å². The van der Waals surface area contributed by atoms with E-state index < -0.39 is 10.1 Å². The average molecular weight is 367 g/mol. The van der Waals surface area contributed by atoms with Gasteiger partial charge in [-0.1, -0.05) is 24.3 Å². The van der Waals surface area contributed by atoms with Crippen LogP contribution in [0.15, 0.2) is 47.4 Å². The SMILES string of the molecule is Cc1ccc(C)c(S(=O)(=O)Oc2ccc(C3SCCS3)cc2)c1. The number of thioether (sulfide) groups is 2. The van der Waals surface area contributed by atoms with Gasteiger partial charge in [0, 0.05) is 11.5 Å². The van der Waals surface area contributed by atoms with Gasteiger partial charge in [0.15, 0.2) is 0 Å². The Balaban J connectivity index is 1.81. The Labute approximate surface area is 146 Å². The number of rotatable bonds is 4. The lowest BCUT2D eigenvalue weighted by molar-refractivity contribution is 0.485. The molecule has 1 saturated heterocycles. The zero-order chi connectivity index (χ0) is 16.4. The van der Waals surface area contributed by atoms with Gasteiger partial charge in [-0.25, -0.2) is 0 Å². The van der Waals surface area contributed by atoms with Crippen molar-refractivity contribution in [2.45, 2.75) is 23.3 Å². The summed E-state index contributed by atoms with van der Waals surface area (Å²) in [6.45, 7) is 3.64. The summed E-state index contributed by atoms with van der Waals surface area (Å²) in [4.78, 5) is 0.225. The van der Waals surface area contributed by atoms with Gasteiger partial charge in [0.2, 0.25) is 0 Å². The summed E-state index contributed by atoms with van der Waals surface area (Å²) < 4.78 is 30.7. The number of aryl methyl sites for hydroxylation is 2. The highest BCUT2D eigenvalue weighted by Crippen LogP contribution is 2.45. The molecule has 3 rings (SSSR count). The monoisotopic (exact) mass is 366 g/mol. The first-order valence-electron chi connectivity index (χ1n) is 7.31. The third kappa shape index (κ3) is 3.87. The van der Waals surface area contributed by atoms with Crippen LogP contribution in [0.2, 0.25) is 0 Å². The van der Waals surface area contributed by atoms with E-state index in [1.807, 2.05) is 48.6 Å². The van der Waals surface area contributed by atoms with E-state index in [1.54, 1.807) is 31.2 Å². The normalized spacial score (nSPS) is 15.7. The second-order valence-corrected chi connectivity index (χ2v) is 9.69. The molecule has 0 radical (unpaired) electrons. The Hall–Kier alpha value is -1.11.